The molecule has 8 heteroatoms. The number of nitrogens with zero attached hydrogens (tertiary/aromatic N) is 2. The Morgan fingerprint density at radius 2 is 2.00 bits per heavy atom. The van der Waals surface area contributed by atoms with Crippen molar-refractivity contribution in [3.05, 3.63) is 28.4 Å². The van der Waals surface area contributed by atoms with Crippen molar-refractivity contribution in [2.24, 2.45) is 0 Å². The average Bonchev–Trinajstić information content (AvgIpc) is 2.45. The minimum Gasteiger partial charge on any atom is -0.394 e. The average molecular weight is 315 g/mol. The first kappa shape index (κ1) is 14.8. The number of aliphatic hydroxyl groups is 1. The highest BCUT2D eigenvalue weighted by Crippen LogP contribution is 2.26. The number of hydrogen-bond acceptors (Lipinski definition) is 5. The van der Waals surface area contributed by atoms with E-state index < -0.39 is 6.04 Å². The summed E-state index contributed by atoms with van der Waals surface area (Å²) in [7, 11) is 1.49. The first-order valence-corrected chi connectivity index (χ1v) is 6.51. The van der Waals surface area contributed by atoms with Crippen LogP contribution in [-0.2, 0) is 4.79 Å². The maximum atomic E-state index is 11.5. The topological polar surface area (TPSA) is 87.1 Å². The third-order valence-electron chi connectivity index (χ3n) is 2.65. The summed E-state index contributed by atoms with van der Waals surface area (Å²) in [6.07, 6.45) is 1.46. The van der Waals surface area contributed by atoms with Gasteiger partial charge in [0, 0.05) is 7.05 Å². The van der Waals surface area contributed by atoms with Crippen LogP contribution < -0.4 is 10.6 Å². The van der Waals surface area contributed by atoms with E-state index in [2.05, 4.69) is 20.6 Å². The number of anilines is 1. The van der Waals surface area contributed by atoms with E-state index in [4.69, 9.17) is 23.2 Å². The Morgan fingerprint density at radius 3 is 2.60 bits per heavy atom. The first-order chi connectivity index (χ1) is 9.55. The number of aliphatic hydroxyl groups excluding tert-OH is 1. The highest BCUT2D eigenvalue weighted by atomic mass is 35.5. The zero-order chi connectivity index (χ0) is 14.7. The van der Waals surface area contributed by atoms with Gasteiger partial charge in [0.25, 0.3) is 0 Å². The van der Waals surface area contributed by atoms with Crippen LogP contribution in [0.5, 0.6) is 0 Å². The van der Waals surface area contributed by atoms with Crippen molar-refractivity contribution < 1.29 is 9.90 Å². The largest absolute Gasteiger partial charge is 0.394 e. The van der Waals surface area contributed by atoms with Gasteiger partial charge in [-0.25, -0.2) is 4.98 Å². The molecule has 0 radical (unpaired) electrons. The number of amides is 1. The van der Waals surface area contributed by atoms with Gasteiger partial charge in [0.1, 0.15) is 11.9 Å². The molecule has 1 heterocycles. The van der Waals surface area contributed by atoms with E-state index >= 15 is 0 Å². The van der Waals surface area contributed by atoms with Crippen molar-refractivity contribution in [3.8, 4) is 0 Å². The van der Waals surface area contributed by atoms with Crippen molar-refractivity contribution in [1.82, 2.24) is 15.3 Å². The van der Waals surface area contributed by atoms with Crippen LogP contribution in [0.3, 0.4) is 0 Å². The second-order valence-electron chi connectivity index (χ2n) is 4.00. The van der Waals surface area contributed by atoms with Crippen molar-refractivity contribution >= 4 is 46.0 Å². The molecule has 0 aliphatic rings. The fourth-order valence-corrected chi connectivity index (χ4v) is 1.94. The second-order valence-corrected chi connectivity index (χ2v) is 4.82. The number of aromatic nitrogens is 2. The Hall–Kier alpha value is -1.63. The van der Waals surface area contributed by atoms with Crippen LogP contribution in [0.2, 0.25) is 10.0 Å². The molecule has 1 aromatic carbocycles. The molecule has 6 nitrogen and oxygen atoms in total. The van der Waals surface area contributed by atoms with Crippen LogP contribution in [0.1, 0.15) is 0 Å². The summed E-state index contributed by atoms with van der Waals surface area (Å²) in [4.78, 5) is 19.9. The van der Waals surface area contributed by atoms with Gasteiger partial charge >= 0.3 is 0 Å². The van der Waals surface area contributed by atoms with Gasteiger partial charge in [0.2, 0.25) is 5.91 Å². The minimum atomic E-state index is -0.797. The van der Waals surface area contributed by atoms with Gasteiger partial charge in [-0.1, -0.05) is 23.2 Å². The van der Waals surface area contributed by atoms with Gasteiger partial charge in [-0.05, 0) is 12.1 Å². The molecule has 106 valence electrons. The van der Waals surface area contributed by atoms with Crippen molar-refractivity contribution in [2.75, 3.05) is 19.0 Å². The molecule has 1 atom stereocenters. The number of carbonyl (C=O) groups is 1. The van der Waals surface area contributed by atoms with Gasteiger partial charge < -0.3 is 15.7 Å². The fourth-order valence-electron chi connectivity index (χ4n) is 1.62. The lowest BCUT2D eigenvalue weighted by Crippen LogP contribution is -2.40. The standard InChI is InChI=1S/C12H12Cl2N4O2/c1-15-12(20)10(5-19)18-11-4-16-8-2-6(13)7(14)3-9(8)17-11/h2-4,10,19H,5H2,1H3,(H,15,20)(H,17,18). The molecular formula is C12H12Cl2N4O2. The molecule has 1 unspecified atom stereocenters. The molecule has 3 N–H and O–H groups in total. The lowest BCUT2D eigenvalue weighted by atomic mass is 10.3. The van der Waals surface area contributed by atoms with Gasteiger partial charge in [-0.2, -0.15) is 0 Å². The van der Waals surface area contributed by atoms with E-state index in [1.54, 1.807) is 12.1 Å². The molecule has 0 bridgehead atoms. The SMILES string of the molecule is CNC(=O)C(CO)Nc1cnc2cc(Cl)c(Cl)cc2n1. The van der Waals surface area contributed by atoms with Crippen molar-refractivity contribution in [3.63, 3.8) is 0 Å². The van der Waals surface area contributed by atoms with Crippen LogP contribution in [0.15, 0.2) is 18.3 Å². The van der Waals surface area contributed by atoms with Crippen molar-refractivity contribution in [1.29, 1.82) is 0 Å². The summed E-state index contributed by atoms with van der Waals surface area (Å²) in [5.74, 6) is 0.0158. The van der Waals surface area contributed by atoms with E-state index in [0.717, 1.165) is 0 Å². The van der Waals surface area contributed by atoms with Gasteiger partial charge in [-0.3, -0.25) is 9.78 Å². The van der Waals surface area contributed by atoms with Crippen LogP contribution in [-0.4, -0.2) is 40.7 Å². The summed E-state index contributed by atoms with van der Waals surface area (Å²) in [6, 6.07) is 2.40. The molecule has 2 rings (SSSR count). The smallest absolute Gasteiger partial charge is 0.244 e. The lowest BCUT2D eigenvalue weighted by molar-refractivity contribution is -0.122. The molecule has 1 amide bonds. The Balaban J connectivity index is 2.31. The van der Waals surface area contributed by atoms with Gasteiger partial charge in [-0.15, -0.1) is 0 Å². The Morgan fingerprint density at radius 1 is 1.35 bits per heavy atom. The third kappa shape index (κ3) is 3.09. The molecule has 0 aliphatic carbocycles. The summed E-state index contributed by atoms with van der Waals surface area (Å²) in [6.45, 7) is -0.360. The third-order valence-corrected chi connectivity index (χ3v) is 3.37. The molecule has 0 aliphatic heterocycles. The Bertz CT molecular complexity index is 651. The second kappa shape index (κ2) is 6.21. The summed E-state index contributed by atoms with van der Waals surface area (Å²) < 4.78 is 0. The number of benzene rings is 1. The quantitative estimate of drug-likeness (QED) is 0.795. The highest BCUT2D eigenvalue weighted by Gasteiger charge is 2.16. The molecule has 0 fully saturated rings. The normalized spacial score (nSPS) is 12.2. The van der Waals surface area contributed by atoms with Crippen LogP contribution in [0.4, 0.5) is 5.82 Å². The van der Waals surface area contributed by atoms with Gasteiger partial charge in [0.05, 0.1) is 33.9 Å². The van der Waals surface area contributed by atoms with E-state index in [1.807, 2.05) is 0 Å². The number of fused-ring (bicyclic) bond motifs is 1. The predicted octanol–water partition coefficient (Wildman–Crippen LogP) is 1.46. The van der Waals surface area contributed by atoms with E-state index in [1.165, 1.54) is 13.2 Å². The Labute approximate surface area is 125 Å². The summed E-state index contributed by atoms with van der Waals surface area (Å²) in [5.41, 5.74) is 1.13. The Kier molecular flexibility index (Phi) is 4.59. The number of rotatable bonds is 4. The monoisotopic (exact) mass is 314 g/mol. The van der Waals surface area contributed by atoms with E-state index in [0.29, 0.717) is 26.9 Å². The molecule has 0 saturated carbocycles. The van der Waals surface area contributed by atoms with Crippen LogP contribution in [0, 0.1) is 0 Å². The number of nitrogens with one attached hydrogen (secondary N) is 2. The molecule has 1 aromatic heterocycles. The van der Waals surface area contributed by atoms with Crippen LogP contribution >= 0.6 is 23.2 Å². The van der Waals surface area contributed by atoms with Gasteiger partial charge in [0.15, 0.2) is 0 Å². The fraction of sp³-hybridized carbons (Fsp3) is 0.250. The number of carbonyl (C=O) groups excluding carboxylic acids is 1. The maximum absolute atomic E-state index is 11.5. The zero-order valence-electron chi connectivity index (χ0n) is 10.5. The first-order valence-electron chi connectivity index (χ1n) is 5.76. The van der Waals surface area contributed by atoms with E-state index in [9.17, 15) is 9.90 Å². The summed E-state index contributed by atoms with van der Waals surface area (Å²) >= 11 is 11.8. The number of hydrogen-bond donors (Lipinski definition) is 3. The van der Waals surface area contributed by atoms with E-state index in [-0.39, 0.29) is 12.5 Å². The zero-order valence-corrected chi connectivity index (χ0v) is 12.0. The molecule has 0 spiro atoms. The molecular weight excluding hydrogens is 303 g/mol. The number of halogens is 2. The predicted molar refractivity (Wildman–Crippen MR) is 78.1 cm³/mol. The summed E-state index contributed by atoms with van der Waals surface area (Å²) in [5, 5.41) is 15.2. The highest BCUT2D eigenvalue weighted by molar-refractivity contribution is 6.42. The lowest BCUT2D eigenvalue weighted by Gasteiger charge is -2.15. The maximum Gasteiger partial charge on any atom is 0.244 e. The molecule has 20 heavy (non-hydrogen) atoms. The molecule has 0 saturated heterocycles. The minimum absolute atomic E-state index is 0.344. The van der Waals surface area contributed by atoms with Crippen LogP contribution in [0.25, 0.3) is 11.0 Å². The number of likely N-dealkylation sites (N-methyl/N-ethyl adjacent to an activating group) is 1. The van der Waals surface area contributed by atoms with Crippen molar-refractivity contribution in [2.45, 2.75) is 6.04 Å². The molecule has 2 aromatic rings.